The van der Waals surface area contributed by atoms with E-state index < -0.39 is 0 Å². The van der Waals surface area contributed by atoms with Gasteiger partial charge in [0.2, 0.25) is 0 Å². The molecule has 0 saturated carbocycles. The zero-order valence-electron chi connectivity index (χ0n) is 11.4. The lowest BCUT2D eigenvalue weighted by molar-refractivity contribution is 0.414. The molecule has 0 aliphatic rings. The van der Waals surface area contributed by atoms with Crippen LogP contribution >= 0.6 is 15.9 Å². The van der Waals surface area contributed by atoms with Crippen LogP contribution in [0.15, 0.2) is 35.1 Å². The third-order valence-electron chi connectivity index (χ3n) is 3.04. The van der Waals surface area contributed by atoms with Gasteiger partial charge in [-0.3, -0.25) is 4.68 Å². The number of nitrogens with one attached hydrogen (secondary N) is 1. The molecule has 102 valence electrons. The maximum Gasteiger partial charge on any atom is 0.120 e. The minimum atomic E-state index is 0.250. The van der Waals surface area contributed by atoms with Gasteiger partial charge < -0.3 is 10.1 Å². The third-order valence-corrected chi connectivity index (χ3v) is 3.73. The van der Waals surface area contributed by atoms with Crippen molar-refractivity contribution in [3.63, 3.8) is 0 Å². The highest BCUT2D eigenvalue weighted by molar-refractivity contribution is 9.10. The fourth-order valence-corrected chi connectivity index (χ4v) is 2.63. The number of aryl methyl sites for hydroxylation is 1. The Morgan fingerprint density at radius 2 is 2.26 bits per heavy atom. The van der Waals surface area contributed by atoms with Crippen LogP contribution in [0.25, 0.3) is 0 Å². The Bertz CT molecular complexity index is 553. The smallest absolute Gasteiger partial charge is 0.120 e. The predicted molar refractivity (Wildman–Crippen MR) is 79.2 cm³/mol. The Hall–Kier alpha value is -1.33. The summed E-state index contributed by atoms with van der Waals surface area (Å²) >= 11 is 3.58. The van der Waals surface area contributed by atoms with Gasteiger partial charge in [0.25, 0.3) is 0 Å². The van der Waals surface area contributed by atoms with Gasteiger partial charge in [0.1, 0.15) is 5.75 Å². The quantitative estimate of drug-likeness (QED) is 0.919. The van der Waals surface area contributed by atoms with E-state index in [0.717, 1.165) is 16.8 Å². The van der Waals surface area contributed by atoms with E-state index in [9.17, 15) is 0 Å². The molecular weight excluding hydrogens is 306 g/mol. The van der Waals surface area contributed by atoms with Gasteiger partial charge in [-0.05, 0) is 24.6 Å². The molecule has 0 unspecified atom stereocenters. The van der Waals surface area contributed by atoms with E-state index in [-0.39, 0.29) is 6.04 Å². The fourth-order valence-electron chi connectivity index (χ4n) is 1.93. The Morgan fingerprint density at radius 1 is 1.47 bits per heavy atom. The van der Waals surface area contributed by atoms with Crippen LogP contribution in [-0.2, 0) is 13.6 Å². The first-order chi connectivity index (χ1) is 9.10. The van der Waals surface area contributed by atoms with Crippen molar-refractivity contribution in [1.82, 2.24) is 15.1 Å². The summed E-state index contributed by atoms with van der Waals surface area (Å²) in [5.74, 6) is 0.857. The van der Waals surface area contributed by atoms with E-state index in [2.05, 4.69) is 39.3 Å². The molecule has 0 aliphatic heterocycles. The van der Waals surface area contributed by atoms with E-state index in [1.165, 1.54) is 11.1 Å². The van der Waals surface area contributed by atoms with Crippen molar-refractivity contribution in [1.29, 1.82) is 0 Å². The zero-order valence-corrected chi connectivity index (χ0v) is 12.9. The molecule has 1 heterocycles. The number of aromatic nitrogens is 2. The number of nitrogens with zero attached hydrogens (tertiary/aromatic N) is 2. The standard InChI is InChI=1S/C14H18BrN3O/c1-10(16-7-11-8-17-18(2)9-11)13-5-4-12(19-3)6-14(13)15/h4-6,8-10,16H,7H2,1-3H3/t10-/m0/s1. The van der Waals surface area contributed by atoms with Crippen LogP contribution in [0.2, 0.25) is 0 Å². The highest BCUT2D eigenvalue weighted by atomic mass is 79.9. The Balaban J connectivity index is 2.01. The zero-order chi connectivity index (χ0) is 13.8. The minimum Gasteiger partial charge on any atom is -0.497 e. The van der Waals surface area contributed by atoms with Crippen molar-refractivity contribution in [2.45, 2.75) is 19.5 Å². The number of rotatable bonds is 5. The highest BCUT2D eigenvalue weighted by Gasteiger charge is 2.10. The molecule has 0 bridgehead atoms. The van der Waals surface area contributed by atoms with Gasteiger partial charge in [-0.2, -0.15) is 5.10 Å². The SMILES string of the molecule is COc1ccc([C@H](C)NCc2cnn(C)c2)c(Br)c1. The van der Waals surface area contributed by atoms with E-state index in [1.807, 2.05) is 36.3 Å². The van der Waals surface area contributed by atoms with Crippen molar-refractivity contribution in [2.24, 2.45) is 7.05 Å². The van der Waals surface area contributed by atoms with Crippen LogP contribution < -0.4 is 10.1 Å². The first-order valence-corrected chi connectivity index (χ1v) is 6.94. The highest BCUT2D eigenvalue weighted by Crippen LogP contribution is 2.27. The van der Waals surface area contributed by atoms with Gasteiger partial charge in [-0.15, -0.1) is 0 Å². The largest absolute Gasteiger partial charge is 0.497 e. The average molecular weight is 324 g/mol. The van der Waals surface area contributed by atoms with Gasteiger partial charge in [0.05, 0.1) is 13.3 Å². The summed E-state index contributed by atoms with van der Waals surface area (Å²) in [6, 6.07) is 6.28. The van der Waals surface area contributed by atoms with E-state index in [4.69, 9.17) is 4.74 Å². The van der Waals surface area contributed by atoms with Crippen LogP contribution in [0, 0.1) is 0 Å². The molecule has 5 heteroatoms. The summed E-state index contributed by atoms with van der Waals surface area (Å²) in [5.41, 5.74) is 2.39. The van der Waals surface area contributed by atoms with Gasteiger partial charge in [-0.25, -0.2) is 0 Å². The fraction of sp³-hybridized carbons (Fsp3) is 0.357. The molecule has 2 aromatic rings. The Labute approximate surface area is 121 Å². The first-order valence-electron chi connectivity index (χ1n) is 6.14. The molecule has 1 aromatic carbocycles. The van der Waals surface area contributed by atoms with Crippen molar-refractivity contribution < 1.29 is 4.74 Å². The summed E-state index contributed by atoms with van der Waals surface area (Å²) in [5, 5.41) is 7.64. The molecule has 0 saturated heterocycles. The van der Waals surface area contributed by atoms with Gasteiger partial charge in [0.15, 0.2) is 0 Å². The molecule has 0 fully saturated rings. The van der Waals surface area contributed by atoms with Crippen LogP contribution in [0.5, 0.6) is 5.75 Å². The Morgan fingerprint density at radius 3 is 2.84 bits per heavy atom. The maximum atomic E-state index is 5.20. The van der Waals surface area contributed by atoms with Crippen LogP contribution in [-0.4, -0.2) is 16.9 Å². The van der Waals surface area contributed by atoms with Crippen molar-refractivity contribution in [2.75, 3.05) is 7.11 Å². The second kappa shape index (κ2) is 6.21. The molecule has 4 nitrogen and oxygen atoms in total. The van der Waals surface area contributed by atoms with Crippen LogP contribution in [0.3, 0.4) is 0 Å². The summed E-state index contributed by atoms with van der Waals surface area (Å²) in [4.78, 5) is 0. The van der Waals surface area contributed by atoms with Gasteiger partial charge in [0, 0.05) is 35.9 Å². The number of benzene rings is 1. The number of ether oxygens (including phenoxy) is 1. The second-order valence-corrected chi connectivity index (χ2v) is 5.37. The lowest BCUT2D eigenvalue weighted by atomic mass is 10.1. The Kier molecular flexibility index (Phi) is 4.61. The predicted octanol–water partition coefficient (Wildman–Crippen LogP) is 3.04. The van der Waals surface area contributed by atoms with Crippen molar-refractivity contribution >= 4 is 15.9 Å². The molecule has 1 atom stereocenters. The van der Waals surface area contributed by atoms with E-state index >= 15 is 0 Å². The maximum absolute atomic E-state index is 5.20. The van der Waals surface area contributed by atoms with Crippen LogP contribution in [0.4, 0.5) is 0 Å². The summed E-state index contributed by atoms with van der Waals surface area (Å²) < 4.78 is 8.06. The molecule has 0 amide bonds. The number of halogens is 1. The molecular formula is C14H18BrN3O. The second-order valence-electron chi connectivity index (χ2n) is 4.51. The van der Waals surface area contributed by atoms with Crippen molar-refractivity contribution in [3.05, 3.63) is 46.2 Å². The normalized spacial score (nSPS) is 12.4. The molecule has 2 rings (SSSR count). The molecule has 1 N–H and O–H groups in total. The van der Waals surface area contributed by atoms with Crippen molar-refractivity contribution in [3.8, 4) is 5.75 Å². The summed E-state index contributed by atoms with van der Waals surface area (Å²) in [6.07, 6.45) is 3.89. The average Bonchev–Trinajstić information content (AvgIpc) is 2.81. The third kappa shape index (κ3) is 3.58. The van der Waals surface area contributed by atoms with E-state index in [0.29, 0.717) is 0 Å². The minimum absolute atomic E-state index is 0.250. The topological polar surface area (TPSA) is 39.1 Å². The summed E-state index contributed by atoms with van der Waals surface area (Å²) in [6.45, 7) is 2.94. The summed E-state index contributed by atoms with van der Waals surface area (Å²) in [7, 11) is 3.60. The van der Waals surface area contributed by atoms with Crippen LogP contribution in [0.1, 0.15) is 24.1 Å². The molecule has 19 heavy (non-hydrogen) atoms. The monoisotopic (exact) mass is 323 g/mol. The van der Waals surface area contributed by atoms with Gasteiger partial charge >= 0.3 is 0 Å². The lowest BCUT2D eigenvalue weighted by Gasteiger charge is -2.16. The van der Waals surface area contributed by atoms with E-state index in [1.54, 1.807) is 7.11 Å². The van der Waals surface area contributed by atoms with Gasteiger partial charge in [-0.1, -0.05) is 22.0 Å². The molecule has 0 aliphatic carbocycles. The first kappa shape index (κ1) is 14.1. The number of hydrogen-bond donors (Lipinski definition) is 1. The molecule has 0 radical (unpaired) electrons. The molecule has 0 spiro atoms. The number of methoxy groups -OCH3 is 1. The lowest BCUT2D eigenvalue weighted by Crippen LogP contribution is -2.18. The number of hydrogen-bond acceptors (Lipinski definition) is 3. The molecule has 1 aromatic heterocycles.